The Bertz CT molecular complexity index is 987. The number of nitrogens with two attached hydrogens (primary N) is 1. The van der Waals surface area contributed by atoms with Gasteiger partial charge in [0.05, 0.1) is 5.92 Å². The van der Waals surface area contributed by atoms with Gasteiger partial charge >= 0.3 is 0 Å². The maximum absolute atomic E-state index is 13.1. The molecular weight excluding hydrogens is 412 g/mol. The minimum atomic E-state index is -3.55. The number of amides is 1. The summed E-state index contributed by atoms with van der Waals surface area (Å²) in [5.74, 6) is 0.717. The second kappa shape index (κ2) is 9.36. The number of piperidine rings is 2. The predicted molar refractivity (Wildman–Crippen MR) is 120 cm³/mol. The maximum atomic E-state index is 13.1. The van der Waals surface area contributed by atoms with E-state index in [1.165, 1.54) is 11.8 Å². The number of pyridine rings is 1. The molecular formula is C23H30N4O3S. The van der Waals surface area contributed by atoms with Gasteiger partial charge in [-0.3, -0.25) is 4.79 Å². The van der Waals surface area contributed by atoms with E-state index in [-0.39, 0.29) is 16.7 Å². The molecule has 1 aromatic heterocycles. The molecule has 0 spiro atoms. The SMILES string of the molecule is NC(=O)[C@H]1CCCN(c2ccc(S(=O)(=O)N3CCC(Cc4ccccc4)CC3)cn2)C1. The third-order valence-electron chi connectivity index (χ3n) is 6.45. The van der Waals surface area contributed by atoms with Crippen LogP contribution in [0.5, 0.6) is 0 Å². The summed E-state index contributed by atoms with van der Waals surface area (Å²) in [5, 5.41) is 0. The highest BCUT2D eigenvalue weighted by atomic mass is 32.2. The van der Waals surface area contributed by atoms with Gasteiger partial charge in [0, 0.05) is 32.4 Å². The molecule has 166 valence electrons. The average Bonchev–Trinajstić information content (AvgIpc) is 2.80. The first-order chi connectivity index (χ1) is 14.9. The van der Waals surface area contributed by atoms with Gasteiger partial charge in [0.1, 0.15) is 10.7 Å². The summed E-state index contributed by atoms with van der Waals surface area (Å²) < 4.78 is 27.8. The van der Waals surface area contributed by atoms with Crippen LogP contribution < -0.4 is 10.6 Å². The van der Waals surface area contributed by atoms with Crippen LogP contribution in [0.25, 0.3) is 0 Å². The van der Waals surface area contributed by atoms with Crippen LogP contribution in [0.1, 0.15) is 31.2 Å². The Morgan fingerprint density at radius 1 is 1.03 bits per heavy atom. The first-order valence-corrected chi connectivity index (χ1v) is 12.4. The third kappa shape index (κ3) is 5.07. The van der Waals surface area contributed by atoms with Gasteiger partial charge in [0.15, 0.2) is 0 Å². The summed E-state index contributed by atoms with van der Waals surface area (Å²) in [5.41, 5.74) is 6.76. The van der Waals surface area contributed by atoms with Crippen LogP contribution >= 0.6 is 0 Å². The highest BCUT2D eigenvalue weighted by molar-refractivity contribution is 7.89. The van der Waals surface area contributed by atoms with Crippen LogP contribution in [-0.4, -0.2) is 49.8 Å². The second-order valence-corrected chi connectivity index (χ2v) is 10.5. The largest absolute Gasteiger partial charge is 0.369 e. The Morgan fingerprint density at radius 2 is 1.77 bits per heavy atom. The summed E-state index contributed by atoms with van der Waals surface area (Å²) in [6.07, 6.45) is 5.82. The first kappa shape index (κ1) is 21.8. The van der Waals surface area contributed by atoms with Gasteiger partial charge in [0.25, 0.3) is 0 Å². The van der Waals surface area contributed by atoms with Crippen molar-refractivity contribution < 1.29 is 13.2 Å². The molecule has 0 unspecified atom stereocenters. The van der Waals surface area contributed by atoms with Crippen LogP contribution in [-0.2, 0) is 21.2 Å². The normalized spacial score (nSPS) is 21.2. The molecule has 4 rings (SSSR count). The molecule has 0 bridgehead atoms. The molecule has 1 amide bonds. The number of carbonyl (C=O) groups excluding carboxylic acids is 1. The zero-order chi connectivity index (χ0) is 21.8. The summed E-state index contributed by atoms with van der Waals surface area (Å²) in [4.78, 5) is 18.1. The van der Waals surface area contributed by atoms with Crippen molar-refractivity contribution in [2.24, 2.45) is 17.6 Å². The first-order valence-electron chi connectivity index (χ1n) is 11.0. The predicted octanol–water partition coefficient (Wildman–Crippen LogP) is 2.43. The lowest BCUT2D eigenvalue weighted by atomic mass is 9.91. The summed E-state index contributed by atoms with van der Waals surface area (Å²) >= 11 is 0. The van der Waals surface area contributed by atoms with Crippen LogP contribution in [0.3, 0.4) is 0 Å². The van der Waals surface area contributed by atoms with E-state index in [4.69, 9.17) is 5.73 Å². The van der Waals surface area contributed by atoms with E-state index < -0.39 is 10.0 Å². The molecule has 1 aromatic carbocycles. The topological polar surface area (TPSA) is 96.6 Å². The molecule has 7 nitrogen and oxygen atoms in total. The standard InChI is InChI=1S/C23H30N4O3S/c24-23(28)20-7-4-12-26(17-20)22-9-8-21(16-25-22)31(29,30)27-13-10-19(11-14-27)15-18-5-2-1-3-6-18/h1-3,5-6,8-9,16,19-20H,4,7,10-15,17H2,(H2,24,28)/t20-/m0/s1. The lowest BCUT2D eigenvalue weighted by Gasteiger charge is -2.32. The highest BCUT2D eigenvalue weighted by Crippen LogP contribution is 2.27. The van der Waals surface area contributed by atoms with E-state index in [1.54, 1.807) is 16.4 Å². The molecule has 2 aliphatic heterocycles. The minimum absolute atomic E-state index is 0.184. The number of carbonyl (C=O) groups is 1. The molecule has 0 saturated carbocycles. The Balaban J connectivity index is 1.37. The van der Waals surface area contributed by atoms with E-state index in [9.17, 15) is 13.2 Å². The number of anilines is 1. The van der Waals surface area contributed by atoms with Gasteiger partial charge in [0.2, 0.25) is 15.9 Å². The fourth-order valence-corrected chi connectivity index (χ4v) is 6.00. The molecule has 2 N–H and O–H groups in total. The number of nitrogens with zero attached hydrogens (tertiary/aromatic N) is 3. The van der Waals surface area contributed by atoms with E-state index in [1.807, 2.05) is 23.1 Å². The van der Waals surface area contributed by atoms with Crippen LogP contribution in [0.4, 0.5) is 5.82 Å². The molecule has 2 aromatic rings. The van der Waals surface area contributed by atoms with Crippen molar-refractivity contribution >= 4 is 21.7 Å². The zero-order valence-corrected chi connectivity index (χ0v) is 18.5. The number of primary amides is 1. The lowest BCUT2D eigenvalue weighted by Crippen LogP contribution is -2.41. The maximum Gasteiger partial charge on any atom is 0.244 e. The van der Waals surface area contributed by atoms with Gasteiger partial charge in [-0.05, 0) is 55.7 Å². The Hall–Kier alpha value is -2.45. The molecule has 8 heteroatoms. The van der Waals surface area contributed by atoms with E-state index in [0.29, 0.717) is 31.4 Å². The van der Waals surface area contributed by atoms with Crippen molar-refractivity contribution in [3.8, 4) is 0 Å². The molecule has 1 atom stereocenters. The van der Waals surface area contributed by atoms with Gasteiger partial charge in [-0.1, -0.05) is 30.3 Å². The summed E-state index contributed by atoms with van der Waals surface area (Å²) in [7, 11) is -3.55. The van der Waals surface area contributed by atoms with Gasteiger partial charge in [-0.2, -0.15) is 4.31 Å². The third-order valence-corrected chi connectivity index (χ3v) is 8.33. The summed E-state index contributed by atoms with van der Waals surface area (Å²) in [6, 6.07) is 13.7. The highest BCUT2D eigenvalue weighted by Gasteiger charge is 2.30. The fourth-order valence-electron chi connectivity index (χ4n) is 4.58. The molecule has 0 radical (unpaired) electrons. The van der Waals surface area contributed by atoms with Crippen molar-refractivity contribution in [1.82, 2.24) is 9.29 Å². The molecule has 2 saturated heterocycles. The quantitative estimate of drug-likeness (QED) is 0.741. The molecule has 31 heavy (non-hydrogen) atoms. The zero-order valence-electron chi connectivity index (χ0n) is 17.7. The molecule has 2 fully saturated rings. The minimum Gasteiger partial charge on any atom is -0.369 e. The second-order valence-electron chi connectivity index (χ2n) is 8.58. The average molecular weight is 443 g/mol. The van der Waals surface area contributed by atoms with Crippen molar-refractivity contribution in [2.75, 3.05) is 31.1 Å². The monoisotopic (exact) mass is 442 g/mol. The molecule has 2 aliphatic rings. The summed E-state index contributed by atoms with van der Waals surface area (Å²) in [6.45, 7) is 2.39. The number of aromatic nitrogens is 1. The van der Waals surface area contributed by atoms with Gasteiger partial charge in [-0.15, -0.1) is 0 Å². The van der Waals surface area contributed by atoms with Crippen LogP contribution in [0.2, 0.25) is 0 Å². The van der Waals surface area contributed by atoms with E-state index >= 15 is 0 Å². The Kier molecular flexibility index (Phi) is 6.57. The number of rotatable bonds is 6. The van der Waals surface area contributed by atoms with Crippen molar-refractivity contribution in [2.45, 2.75) is 37.0 Å². The van der Waals surface area contributed by atoms with Gasteiger partial charge in [-0.25, -0.2) is 13.4 Å². The van der Waals surface area contributed by atoms with E-state index in [0.717, 1.165) is 38.6 Å². The van der Waals surface area contributed by atoms with Crippen LogP contribution in [0, 0.1) is 11.8 Å². The van der Waals surface area contributed by atoms with Crippen molar-refractivity contribution in [1.29, 1.82) is 0 Å². The van der Waals surface area contributed by atoms with E-state index in [2.05, 4.69) is 17.1 Å². The van der Waals surface area contributed by atoms with Crippen molar-refractivity contribution in [3.63, 3.8) is 0 Å². The molecule has 0 aliphatic carbocycles. The van der Waals surface area contributed by atoms with Crippen LogP contribution in [0.15, 0.2) is 53.6 Å². The Labute approximate surface area is 184 Å². The molecule has 3 heterocycles. The van der Waals surface area contributed by atoms with Gasteiger partial charge < -0.3 is 10.6 Å². The number of hydrogen-bond donors (Lipinski definition) is 1. The number of hydrogen-bond acceptors (Lipinski definition) is 5. The number of benzene rings is 1. The number of sulfonamides is 1. The lowest BCUT2D eigenvalue weighted by molar-refractivity contribution is -0.122. The Morgan fingerprint density at radius 3 is 2.42 bits per heavy atom. The fraction of sp³-hybridized carbons (Fsp3) is 0.478. The van der Waals surface area contributed by atoms with Crippen molar-refractivity contribution in [3.05, 3.63) is 54.2 Å². The smallest absolute Gasteiger partial charge is 0.244 e.